The third kappa shape index (κ3) is 2.38. The third-order valence-corrected chi connectivity index (χ3v) is 5.96. The molecule has 2 N–H and O–H groups in total. The Kier molecular flexibility index (Phi) is 3.27. The molecule has 0 bridgehead atoms. The zero-order chi connectivity index (χ0) is 12.6. The highest BCUT2D eigenvalue weighted by molar-refractivity contribution is 7.92. The lowest BCUT2D eigenvalue weighted by atomic mass is 9.79. The zero-order valence-corrected chi connectivity index (χ0v) is 11.1. The summed E-state index contributed by atoms with van der Waals surface area (Å²) in [5.41, 5.74) is 6.69. The Balaban J connectivity index is 2.24. The number of benzene rings is 1. The SMILES string of the molecule is Cc1cccc(S(=O)(=O)C(C)C2CC(N)C2)c1. The second kappa shape index (κ2) is 4.42. The zero-order valence-electron chi connectivity index (χ0n) is 10.3. The molecule has 4 heteroatoms. The first-order valence-electron chi connectivity index (χ1n) is 5.97. The number of hydrogen-bond donors (Lipinski definition) is 1. The maximum Gasteiger partial charge on any atom is 0.181 e. The smallest absolute Gasteiger partial charge is 0.181 e. The largest absolute Gasteiger partial charge is 0.328 e. The predicted molar refractivity (Wildman–Crippen MR) is 68.5 cm³/mol. The molecule has 0 amide bonds. The lowest BCUT2D eigenvalue weighted by Gasteiger charge is -2.36. The van der Waals surface area contributed by atoms with Crippen LogP contribution in [-0.2, 0) is 9.84 Å². The van der Waals surface area contributed by atoms with Gasteiger partial charge in [0.25, 0.3) is 0 Å². The first kappa shape index (κ1) is 12.6. The van der Waals surface area contributed by atoms with E-state index >= 15 is 0 Å². The Morgan fingerprint density at radius 2 is 2.00 bits per heavy atom. The van der Waals surface area contributed by atoms with Gasteiger partial charge in [-0.2, -0.15) is 0 Å². The highest BCUT2D eigenvalue weighted by atomic mass is 32.2. The summed E-state index contributed by atoms with van der Waals surface area (Å²) in [4.78, 5) is 0.436. The normalized spacial score (nSPS) is 26.3. The fourth-order valence-electron chi connectivity index (χ4n) is 2.35. The van der Waals surface area contributed by atoms with Gasteiger partial charge in [0.1, 0.15) is 0 Å². The van der Waals surface area contributed by atoms with Crippen LogP contribution in [-0.4, -0.2) is 19.7 Å². The van der Waals surface area contributed by atoms with E-state index < -0.39 is 9.84 Å². The fraction of sp³-hybridized carbons (Fsp3) is 0.538. The lowest BCUT2D eigenvalue weighted by Crippen LogP contribution is -2.43. The molecule has 1 saturated carbocycles. The summed E-state index contributed by atoms with van der Waals surface area (Å²) in [7, 11) is -3.20. The molecular weight excluding hydrogens is 234 g/mol. The molecule has 0 saturated heterocycles. The van der Waals surface area contributed by atoms with Gasteiger partial charge in [0.15, 0.2) is 9.84 Å². The van der Waals surface area contributed by atoms with Gasteiger partial charge in [-0.3, -0.25) is 0 Å². The maximum absolute atomic E-state index is 12.4. The molecule has 0 aliphatic heterocycles. The monoisotopic (exact) mass is 253 g/mol. The second-order valence-electron chi connectivity index (χ2n) is 5.06. The summed E-state index contributed by atoms with van der Waals surface area (Å²) in [6.07, 6.45) is 1.65. The van der Waals surface area contributed by atoms with Crippen LogP contribution in [0, 0.1) is 12.8 Å². The van der Waals surface area contributed by atoms with Crippen LogP contribution in [0.25, 0.3) is 0 Å². The molecule has 1 fully saturated rings. The van der Waals surface area contributed by atoms with Crippen molar-refractivity contribution in [2.45, 2.75) is 42.9 Å². The molecule has 0 radical (unpaired) electrons. The van der Waals surface area contributed by atoms with Gasteiger partial charge < -0.3 is 5.73 Å². The lowest BCUT2D eigenvalue weighted by molar-refractivity contribution is 0.259. The highest BCUT2D eigenvalue weighted by Crippen LogP contribution is 2.34. The third-order valence-electron chi connectivity index (χ3n) is 3.68. The van der Waals surface area contributed by atoms with Gasteiger partial charge in [-0.25, -0.2) is 8.42 Å². The molecule has 0 heterocycles. The van der Waals surface area contributed by atoms with Crippen molar-refractivity contribution in [1.82, 2.24) is 0 Å². The highest BCUT2D eigenvalue weighted by Gasteiger charge is 2.37. The van der Waals surface area contributed by atoms with Gasteiger partial charge in [0, 0.05) is 6.04 Å². The van der Waals surface area contributed by atoms with Gasteiger partial charge in [0.05, 0.1) is 10.1 Å². The number of hydrogen-bond acceptors (Lipinski definition) is 3. The average molecular weight is 253 g/mol. The fourth-order valence-corrected chi connectivity index (χ4v) is 4.13. The van der Waals surface area contributed by atoms with Gasteiger partial charge >= 0.3 is 0 Å². The van der Waals surface area contributed by atoms with Crippen molar-refractivity contribution in [3.8, 4) is 0 Å². The molecule has 1 unspecified atom stereocenters. The van der Waals surface area contributed by atoms with Crippen LogP contribution in [0.2, 0.25) is 0 Å². The van der Waals surface area contributed by atoms with E-state index in [0.717, 1.165) is 18.4 Å². The molecule has 1 aliphatic rings. The summed E-state index contributed by atoms with van der Waals surface area (Å²) in [6.45, 7) is 3.71. The maximum atomic E-state index is 12.4. The number of nitrogens with two attached hydrogens (primary N) is 1. The van der Waals surface area contributed by atoms with Crippen molar-refractivity contribution in [3.05, 3.63) is 29.8 Å². The van der Waals surface area contributed by atoms with Gasteiger partial charge in [-0.05, 0) is 50.3 Å². The summed E-state index contributed by atoms with van der Waals surface area (Å²) in [6, 6.07) is 7.31. The van der Waals surface area contributed by atoms with Crippen molar-refractivity contribution in [2.75, 3.05) is 0 Å². The summed E-state index contributed by atoms with van der Waals surface area (Å²) in [5.74, 6) is 0.218. The van der Waals surface area contributed by atoms with Crippen molar-refractivity contribution in [3.63, 3.8) is 0 Å². The number of aryl methyl sites for hydroxylation is 1. The summed E-state index contributed by atoms with van der Waals surface area (Å²) < 4.78 is 24.8. The summed E-state index contributed by atoms with van der Waals surface area (Å²) in [5, 5.41) is -0.330. The van der Waals surface area contributed by atoms with Crippen LogP contribution in [0.4, 0.5) is 0 Å². The molecule has 1 aromatic rings. The van der Waals surface area contributed by atoms with Crippen LogP contribution in [0.5, 0.6) is 0 Å². The van der Waals surface area contributed by atoms with Crippen LogP contribution in [0.15, 0.2) is 29.2 Å². The molecule has 1 aliphatic carbocycles. The molecule has 1 aromatic carbocycles. The van der Waals surface area contributed by atoms with Crippen LogP contribution in [0.1, 0.15) is 25.3 Å². The predicted octanol–water partition coefficient (Wildman–Crippen LogP) is 1.89. The van der Waals surface area contributed by atoms with Crippen LogP contribution >= 0.6 is 0 Å². The Morgan fingerprint density at radius 1 is 1.35 bits per heavy atom. The molecule has 2 rings (SSSR count). The first-order chi connectivity index (χ1) is 7.91. The van der Waals surface area contributed by atoms with Crippen LogP contribution < -0.4 is 5.73 Å². The minimum Gasteiger partial charge on any atom is -0.328 e. The van der Waals surface area contributed by atoms with Crippen molar-refractivity contribution < 1.29 is 8.42 Å². The Hall–Kier alpha value is -0.870. The van der Waals surface area contributed by atoms with Crippen molar-refractivity contribution in [1.29, 1.82) is 0 Å². The van der Waals surface area contributed by atoms with Crippen molar-refractivity contribution in [2.24, 2.45) is 11.7 Å². The van der Waals surface area contributed by atoms with E-state index in [1.807, 2.05) is 13.0 Å². The molecule has 1 atom stereocenters. The first-order valence-corrected chi connectivity index (χ1v) is 7.52. The van der Waals surface area contributed by atoms with E-state index in [1.165, 1.54) is 0 Å². The summed E-state index contributed by atoms with van der Waals surface area (Å²) >= 11 is 0. The average Bonchev–Trinajstić information content (AvgIpc) is 2.24. The van der Waals surface area contributed by atoms with E-state index in [4.69, 9.17) is 5.73 Å². The molecule has 94 valence electrons. The minimum absolute atomic E-state index is 0.190. The topological polar surface area (TPSA) is 60.2 Å². The quantitative estimate of drug-likeness (QED) is 0.895. The van der Waals surface area contributed by atoms with E-state index in [9.17, 15) is 8.42 Å². The Labute approximate surface area is 103 Å². The molecule has 3 nitrogen and oxygen atoms in total. The van der Waals surface area contributed by atoms with E-state index in [2.05, 4.69) is 0 Å². The molecule has 0 aromatic heterocycles. The Morgan fingerprint density at radius 3 is 2.53 bits per heavy atom. The van der Waals surface area contributed by atoms with Crippen molar-refractivity contribution >= 4 is 9.84 Å². The standard InChI is InChI=1S/C13H19NO2S/c1-9-4-3-5-13(6-9)17(15,16)10(2)11-7-12(14)8-11/h3-6,10-12H,7-8,14H2,1-2H3. The molecule has 17 heavy (non-hydrogen) atoms. The van der Waals surface area contributed by atoms with Gasteiger partial charge in [0.2, 0.25) is 0 Å². The second-order valence-corrected chi connectivity index (χ2v) is 7.36. The van der Waals surface area contributed by atoms with Crippen LogP contribution in [0.3, 0.4) is 0 Å². The molecule has 0 spiro atoms. The Bertz CT molecular complexity index is 504. The van der Waals surface area contributed by atoms with E-state index in [0.29, 0.717) is 4.90 Å². The van der Waals surface area contributed by atoms with Gasteiger partial charge in [-0.1, -0.05) is 12.1 Å². The number of rotatable bonds is 3. The van der Waals surface area contributed by atoms with E-state index in [-0.39, 0.29) is 17.2 Å². The van der Waals surface area contributed by atoms with E-state index in [1.54, 1.807) is 25.1 Å². The van der Waals surface area contributed by atoms with Gasteiger partial charge in [-0.15, -0.1) is 0 Å². The number of sulfone groups is 1. The molecular formula is C13H19NO2S. The minimum atomic E-state index is -3.20.